The number of hydroxylamine groups is 1. The fraction of sp³-hybridized carbons (Fsp3) is 0.300. The second kappa shape index (κ2) is 5.67. The number of carbonyl (C=O) groups excluding carboxylic acids is 1. The number of carbonyl (C=O) groups is 1. The highest BCUT2D eigenvalue weighted by Gasteiger charge is 2.13. The molecule has 76 valence electrons. The molecule has 0 bridgehead atoms. The molecule has 1 atom stereocenters. The molecule has 0 aromatic heterocycles. The predicted octanol–water partition coefficient (Wildman–Crippen LogP) is 1.84. The number of amides is 1. The second-order valence-electron chi connectivity index (χ2n) is 2.74. The molecular weight excluding hydrogens is 198 g/mol. The van der Waals surface area contributed by atoms with E-state index in [2.05, 4.69) is 10.3 Å². The minimum atomic E-state index is -0.155. The van der Waals surface area contributed by atoms with E-state index in [0.29, 0.717) is 0 Å². The molecule has 4 heteroatoms. The molecule has 0 radical (unpaired) electrons. The van der Waals surface area contributed by atoms with Gasteiger partial charge in [-0.2, -0.15) is 0 Å². The number of thioether (sulfide) groups is 1. The summed E-state index contributed by atoms with van der Waals surface area (Å²) in [4.78, 5) is 16.9. The van der Waals surface area contributed by atoms with Crippen LogP contribution < -0.4 is 5.48 Å². The van der Waals surface area contributed by atoms with E-state index >= 15 is 0 Å². The minimum absolute atomic E-state index is 0.124. The zero-order valence-electron chi connectivity index (χ0n) is 8.19. The van der Waals surface area contributed by atoms with Gasteiger partial charge in [-0.3, -0.25) is 9.63 Å². The molecule has 1 aromatic carbocycles. The summed E-state index contributed by atoms with van der Waals surface area (Å²) in [5, 5.41) is -0.155. The van der Waals surface area contributed by atoms with Crippen molar-refractivity contribution in [3.05, 3.63) is 30.3 Å². The van der Waals surface area contributed by atoms with Gasteiger partial charge in [0.15, 0.2) is 0 Å². The van der Waals surface area contributed by atoms with Crippen LogP contribution in [0.15, 0.2) is 35.2 Å². The van der Waals surface area contributed by atoms with Gasteiger partial charge in [0.2, 0.25) is 0 Å². The van der Waals surface area contributed by atoms with Crippen LogP contribution in [-0.4, -0.2) is 18.3 Å². The van der Waals surface area contributed by atoms with Gasteiger partial charge >= 0.3 is 0 Å². The smallest absolute Gasteiger partial charge is 0.256 e. The van der Waals surface area contributed by atoms with Crippen molar-refractivity contribution in [2.45, 2.75) is 17.1 Å². The van der Waals surface area contributed by atoms with Crippen LogP contribution in [0.25, 0.3) is 0 Å². The maximum absolute atomic E-state index is 11.3. The Hall–Kier alpha value is -1.00. The molecule has 1 unspecified atom stereocenters. The highest BCUT2D eigenvalue weighted by Crippen LogP contribution is 2.22. The summed E-state index contributed by atoms with van der Waals surface area (Å²) in [6.45, 7) is 1.84. The molecule has 0 saturated carbocycles. The number of nitrogens with one attached hydrogen (secondary N) is 1. The molecule has 0 spiro atoms. The first-order valence-electron chi connectivity index (χ1n) is 4.28. The van der Waals surface area contributed by atoms with Crippen molar-refractivity contribution >= 4 is 17.7 Å². The lowest BCUT2D eigenvalue weighted by Gasteiger charge is -2.09. The lowest BCUT2D eigenvalue weighted by molar-refractivity contribution is -0.130. The third kappa shape index (κ3) is 3.40. The van der Waals surface area contributed by atoms with Crippen LogP contribution in [-0.2, 0) is 9.63 Å². The van der Waals surface area contributed by atoms with E-state index in [-0.39, 0.29) is 11.2 Å². The van der Waals surface area contributed by atoms with Crippen molar-refractivity contribution in [3.63, 3.8) is 0 Å². The summed E-state index contributed by atoms with van der Waals surface area (Å²) in [6, 6.07) is 9.79. The molecule has 0 saturated heterocycles. The number of benzene rings is 1. The van der Waals surface area contributed by atoms with Crippen molar-refractivity contribution in [1.82, 2.24) is 5.48 Å². The Morgan fingerprint density at radius 2 is 2.07 bits per heavy atom. The van der Waals surface area contributed by atoms with Crippen LogP contribution >= 0.6 is 11.8 Å². The quantitative estimate of drug-likeness (QED) is 0.610. The van der Waals surface area contributed by atoms with Crippen molar-refractivity contribution in [2.75, 3.05) is 7.11 Å². The number of hydrogen-bond donors (Lipinski definition) is 1. The molecule has 0 aliphatic rings. The molecule has 0 aliphatic heterocycles. The standard InChI is InChI=1S/C10H13NO2S/c1-8(10(12)11-13-2)14-9-6-4-3-5-7-9/h3-8H,1-2H3,(H,11,12). The van der Waals surface area contributed by atoms with Crippen LogP contribution in [0.4, 0.5) is 0 Å². The average molecular weight is 211 g/mol. The fourth-order valence-corrected chi connectivity index (χ4v) is 1.82. The maximum Gasteiger partial charge on any atom is 0.256 e. The zero-order chi connectivity index (χ0) is 10.4. The maximum atomic E-state index is 11.3. The molecule has 0 heterocycles. The highest BCUT2D eigenvalue weighted by atomic mass is 32.2. The van der Waals surface area contributed by atoms with Gasteiger partial charge in [-0.25, -0.2) is 5.48 Å². The predicted molar refractivity (Wildman–Crippen MR) is 56.9 cm³/mol. The Morgan fingerprint density at radius 1 is 1.43 bits per heavy atom. The SMILES string of the molecule is CONC(=O)C(C)Sc1ccccc1. The van der Waals surface area contributed by atoms with Gasteiger partial charge in [-0.15, -0.1) is 11.8 Å². The van der Waals surface area contributed by atoms with Gasteiger partial charge in [0, 0.05) is 4.90 Å². The molecule has 3 nitrogen and oxygen atoms in total. The van der Waals surface area contributed by atoms with Crippen LogP contribution in [0, 0.1) is 0 Å². The summed E-state index contributed by atoms with van der Waals surface area (Å²) in [5.41, 5.74) is 2.31. The number of rotatable bonds is 4. The Labute approximate surface area is 87.8 Å². The van der Waals surface area contributed by atoms with Gasteiger partial charge in [0.1, 0.15) is 0 Å². The summed E-state index contributed by atoms with van der Waals surface area (Å²) >= 11 is 1.50. The molecule has 0 fully saturated rings. The first-order valence-corrected chi connectivity index (χ1v) is 5.16. The lowest BCUT2D eigenvalue weighted by Crippen LogP contribution is -2.29. The van der Waals surface area contributed by atoms with Crippen molar-refractivity contribution in [2.24, 2.45) is 0 Å². The Kier molecular flexibility index (Phi) is 4.49. The van der Waals surface area contributed by atoms with E-state index in [1.807, 2.05) is 37.3 Å². The van der Waals surface area contributed by atoms with E-state index in [4.69, 9.17) is 0 Å². The largest absolute Gasteiger partial charge is 0.277 e. The molecule has 1 aromatic rings. The van der Waals surface area contributed by atoms with E-state index < -0.39 is 0 Å². The normalized spacial score (nSPS) is 12.1. The average Bonchev–Trinajstić information content (AvgIpc) is 2.19. The first kappa shape index (κ1) is 11.1. The summed E-state index contributed by atoms with van der Waals surface area (Å²) in [7, 11) is 1.43. The molecular formula is C10H13NO2S. The lowest BCUT2D eigenvalue weighted by atomic mass is 10.4. The highest BCUT2D eigenvalue weighted by molar-refractivity contribution is 8.00. The van der Waals surface area contributed by atoms with Crippen LogP contribution in [0.1, 0.15) is 6.92 Å². The first-order chi connectivity index (χ1) is 6.74. The molecule has 0 aliphatic carbocycles. The molecule has 1 N–H and O–H groups in total. The Bertz CT molecular complexity index is 289. The molecule has 14 heavy (non-hydrogen) atoms. The summed E-state index contributed by atoms with van der Waals surface area (Å²) in [6.07, 6.45) is 0. The van der Waals surface area contributed by atoms with Gasteiger partial charge in [-0.05, 0) is 19.1 Å². The third-order valence-corrected chi connectivity index (χ3v) is 2.74. The minimum Gasteiger partial charge on any atom is -0.277 e. The van der Waals surface area contributed by atoms with Crippen molar-refractivity contribution < 1.29 is 9.63 Å². The number of hydrogen-bond acceptors (Lipinski definition) is 3. The third-order valence-electron chi connectivity index (χ3n) is 1.63. The van der Waals surface area contributed by atoms with Gasteiger partial charge in [0.25, 0.3) is 5.91 Å². The van der Waals surface area contributed by atoms with Crippen LogP contribution in [0.2, 0.25) is 0 Å². The van der Waals surface area contributed by atoms with Gasteiger partial charge in [0.05, 0.1) is 12.4 Å². The second-order valence-corrected chi connectivity index (χ2v) is 4.16. The van der Waals surface area contributed by atoms with E-state index in [1.54, 1.807) is 0 Å². The molecule has 1 amide bonds. The van der Waals surface area contributed by atoms with Crippen LogP contribution in [0.3, 0.4) is 0 Å². The summed E-state index contributed by atoms with van der Waals surface area (Å²) in [5.74, 6) is -0.124. The van der Waals surface area contributed by atoms with Gasteiger partial charge in [-0.1, -0.05) is 18.2 Å². The topological polar surface area (TPSA) is 38.3 Å². The van der Waals surface area contributed by atoms with E-state index in [9.17, 15) is 4.79 Å². The summed E-state index contributed by atoms with van der Waals surface area (Å²) < 4.78 is 0. The van der Waals surface area contributed by atoms with Crippen molar-refractivity contribution in [1.29, 1.82) is 0 Å². The Morgan fingerprint density at radius 3 is 2.64 bits per heavy atom. The van der Waals surface area contributed by atoms with Crippen LogP contribution in [0.5, 0.6) is 0 Å². The monoisotopic (exact) mass is 211 g/mol. The van der Waals surface area contributed by atoms with E-state index in [1.165, 1.54) is 18.9 Å². The zero-order valence-corrected chi connectivity index (χ0v) is 9.01. The fourth-order valence-electron chi connectivity index (χ4n) is 0.940. The molecule has 1 rings (SSSR count). The van der Waals surface area contributed by atoms with E-state index in [0.717, 1.165) is 4.90 Å². The van der Waals surface area contributed by atoms with Gasteiger partial charge < -0.3 is 0 Å². The van der Waals surface area contributed by atoms with Crippen molar-refractivity contribution in [3.8, 4) is 0 Å². The Balaban J connectivity index is 2.49.